The summed E-state index contributed by atoms with van der Waals surface area (Å²) in [7, 11) is 0. The van der Waals surface area contributed by atoms with Crippen LogP contribution in [-0.2, 0) is 13.2 Å². The molecule has 0 fully saturated rings. The maximum atomic E-state index is 13.4. The number of ether oxygens (including phenoxy) is 1. The van der Waals surface area contributed by atoms with Crippen molar-refractivity contribution in [2.24, 2.45) is 0 Å². The van der Waals surface area contributed by atoms with Gasteiger partial charge in [0.1, 0.15) is 12.4 Å². The minimum absolute atomic E-state index is 0.173. The lowest BCUT2D eigenvalue weighted by molar-refractivity contribution is 0.0938. The number of carbonyl (C=O) groups excluding carboxylic acids is 1. The lowest BCUT2D eigenvalue weighted by atomic mass is 9.95. The van der Waals surface area contributed by atoms with Crippen LogP contribution >= 0.6 is 0 Å². The van der Waals surface area contributed by atoms with Crippen molar-refractivity contribution in [2.45, 2.75) is 19.2 Å². The molecule has 2 heterocycles. The van der Waals surface area contributed by atoms with Crippen molar-refractivity contribution in [1.29, 1.82) is 0 Å². The van der Waals surface area contributed by atoms with Crippen molar-refractivity contribution in [1.82, 2.24) is 9.99 Å². The van der Waals surface area contributed by atoms with E-state index in [9.17, 15) is 14.7 Å². The van der Waals surface area contributed by atoms with Crippen LogP contribution in [0.15, 0.2) is 120 Å². The standard InChI is InChI=1S/C33H27N3O4/c37-28-18-19-36(35-30-26-11-5-4-10-25(26)21-40-29-13-7-6-12-27(29)30)31(32(28)38)33(39)34-20-22-14-16-24(17-15-22)23-8-2-1-3-9-23/h1-19,30,35,38H,20-21H2,(H,34,39). The van der Waals surface area contributed by atoms with Crippen LogP contribution in [0.4, 0.5) is 0 Å². The second-order valence-electron chi connectivity index (χ2n) is 9.58. The third kappa shape index (κ3) is 4.92. The van der Waals surface area contributed by atoms with Crippen LogP contribution in [0.1, 0.15) is 38.8 Å². The van der Waals surface area contributed by atoms with Crippen LogP contribution in [0.2, 0.25) is 0 Å². The molecule has 7 heteroatoms. The summed E-state index contributed by atoms with van der Waals surface area (Å²) in [6.45, 7) is 0.622. The van der Waals surface area contributed by atoms with E-state index < -0.39 is 23.1 Å². The molecule has 6 rings (SSSR count). The molecular formula is C33H27N3O4. The van der Waals surface area contributed by atoms with Gasteiger partial charge in [-0.3, -0.25) is 14.3 Å². The van der Waals surface area contributed by atoms with Crippen molar-refractivity contribution < 1.29 is 14.6 Å². The molecule has 1 unspecified atom stereocenters. The van der Waals surface area contributed by atoms with E-state index in [1.165, 1.54) is 16.9 Å². The normalized spacial score (nSPS) is 13.8. The molecule has 5 aromatic rings. The summed E-state index contributed by atoms with van der Waals surface area (Å²) in [5.41, 5.74) is 8.43. The van der Waals surface area contributed by atoms with E-state index in [1.807, 2.05) is 103 Å². The molecule has 4 aromatic carbocycles. The number of pyridine rings is 1. The van der Waals surface area contributed by atoms with Gasteiger partial charge in [-0.2, -0.15) is 0 Å². The number of amides is 1. The van der Waals surface area contributed by atoms with Crippen molar-refractivity contribution in [3.8, 4) is 22.6 Å². The lowest BCUT2D eigenvalue weighted by Crippen LogP contribution is -2.33. The van der Waals surface area contributed by atoms with Crippen LogP contribution in [0.25, 0.3) is 11.1 Å². The van der Waals surface area contributed by atoms with E-state index in [2.05, 4.69) is 10.7 Å². The maximum Gasteiger partial charge on any atom is 0.274 e. The molecule has 1 atom stereocenters. The van der Waals surface area contributed by atoms with Gasteiger partial charge in [-0.05, 0) is 33.9 Å². The molecule has 40 heavy (non-hydrogen) atoms. The first kappa shape index (κ1) is 25.0. The van der Waals surface area contributed by atoms with E-state index in [1.54, 1.807) is 0 Å². The zero-order valence-corrected chi connectivity index (χ0v) is 21.6. The largest absolute Gasteiger partial charge is 0.502 e. The third-order valence-corrected chi connectivity index (χ3v) is 7.05. The predicted molar refractivity (Wildman–Crippen MR) is 154 cm³/mol. The number of para-hydroxylation sites is 1. The van der Waals surface area contributed by atoms with Gasteiger partial charge in [0.05, 0.1) is 6.04 Å². The molecule has 0 radical (unpaired) electrons. The number of nitrogens with one attached hydrogen (secondary N) is 2. The van der Waals surface area contributed by atoms with E-state index in [0.717, 1.165) is 33.4 Å². The summed E-state index contributed by atoms with van der Waals surface area (Å²) < 4.78 is 7.47. The fraction of sp³-hybridized carbons (Fsp3) is 0.0909. The Bertz CT molecular complexity index is 1680. The molecule has 0 aliphatic carbocycles. The van der Waals surface area contributed by atoms with Crippen molar-refractivity contribution in [3.63, 3.8) is 0 Å². The molecule has 1 aromatic heterocycles. The summed E-state index contributed by atoms with van der Waals surface area (Å²) in [5.74, 6) is -0.494. The average molecular weight is 530 g/mol. The molecule has 0 saturated carbocycles. The van der Waals surface area contributed by atoms with Gasteiger partial charge in [-0.25, -0.2) is 0 Å². The Balaban J connectivity index is 1.28. The molecule has 1 aliphatic heterocycles. The van der Waals surface area contributed by atoms with E-state index in [4.69, 9.17) is 4.74 Å². The van der Waals surface area contributed by atoms with Crippen LogP contribution in [-0.4, -0.2) is 15.7 Å². The average Bonchev–Trinajstić information content (AvgIpc) is 3.16. The lowest BCUT2D eigenvalue weighted by Gasteiger charge is -2.25. The zero-order valence-electron chi connectivity index (χ0n) is 21.6. The van der Waals surface area contributed by atoms with Crippen LogP contribution in [0.3, 0.4) is 0 Å². The number of benzene rings is 4. The van der Waals surface area contributed by atoms with Gasteiger partial charge in [0.25, 0.3) is 5.91 Å². The Morgan fingerprint density at radius 3 is 2.30 bits per heavy atom. The van der Waals surface area contributed by atoms with Crippen LogP contribution in [0, 0.1) is 0 Å². The highest BCUT2D eigenvalue weighted by atomic mass is 16.5. The molecule has 1 aliphatic rings. The molecule has 3 N–H and O–H groups in total. The highest BCUT2D eigenvalue weighted by Crippen LogP contribution is 2.36. The molecule has 0 spiro atoms. The quantitative estimate of drug-likeness (QED) is 0.275. The summed E-state index contributed by atoms with van der Waals surface area (Å²) in [6, 6.07) is 34.3. The predicted octanol–water partition coefficient (Wildman–Crippen LogP) is 5.38. The van der Waals surface area contributed by atoms with Crippen LogP contribution in [0.5, 0.6) is 11.5 Å². The molecular weight excluding hydrogens is 502 g/mol. The highest BCUT2D eigenvalue weighted by Gasteiger charge is 2.27. The van der Waals surface area contributed by atoms with Gasteiger partial charge in [-0.1, -0.05) is 97.1 Å². The minimum Gasteiger partial charge on any atom is -0.502 e. The Hall–Kier alpha value is -5.30. The number of aromatic hydroxyl groups is 1. The fourth-order valence-corrected chi connectivity index (χ4v) is 4.96. The van der Waals surface area contributed by atoms with Crippen molar-refractivity contribution >= 4 is 5.91 Å². The molecule has 1 amide bonds. The van der Waals surface area contributed by atoms with Gasteiger partial charge in [0.2, 0.25) is 5.43 Å². The Morgan fingerprint density at radius 2 is 1.50 bits per heavy atom. The summed E-state index contributed by atoms with van der Waals surface area (Å²) in [6.07, 6.45) is 1.46. The second kappa shape index (κ2) is 10.8. The zero-order chi connectivity index (χ0) is 27.5. The Labute approximate surface area is 231 Å². The maximum absolute atomic E-state index is 13.4. The van der Waals surface area contributed by atoms with Gasteiger partial charge >= 0.3 is 0 Å². The molecule has 7 nitrogen and oxygen atoms in total. The SMILES string of the molecule is O=C(NCc1ccc(-c2ccccc2)cc1)c1c(O)c(=O)ccn1NC1c2ccccc2COc2ccccc21. The van der Waals surface area contributed by atoms with E-state index >= 15 is 0 Å². The van der Waals surface area contributed by atoms with Gasteiger partial charge in [-0.15, -0.1) is 0 Å². The number of fused-ring (bicyclic) bond motifs is 2. The number of hydrogen-bond donors (Lipinski definition) is 3. The number of aromatic nitrogens is 1. The van der Waals surface area contributed by atoms with Crippen LogP contribution < -0.4 is 20.9 Å². The summed E-state index contributed by atoms with van der Waals surface area (Å²) in [4.78, 5) is 25.8. The first-order valence-corrected chi connectivity index (χ1v) is 13.0. The number of nitrogens with zero attached hydrogens (tertiary/aromatic N) is 1. The first-order valence-electron chi connectivity index (χ1n) is 13.0. The minimum atomic E-state index is -0.639. The summed E-state index contributed by atoms with van der Waals surface area (Å²) in [5, 5.41) is 13.6. The number of carbonyl (C=O) groups is 1. The highest BCUT2D eigenvalue weighted by molar-refractivity contribution is 5.95. The van der Waals surface area contributed by atoms with Gasteiger partial charge in [0, 0.05) is 24.4 Å². The Morgan fingerprint density at radius 1 is 0.825 bits per heavy atom. The van der Waals surface area contributed by atoms with E-state index in [0.29, 0.717) is 12.4 Å². The third-order valence-electron chi connectivity index (χ3n) is 7.05. The monoisotopic (exact) mass is 529 g/mol. The van der Waals surface area contributed by atoms with Gasteiger partial charge < -0.3 is 20.6 Å². The molecule has 0 bridgehead atoms. The number of hydrogen-bond acceptors (Lipinski definition) is 5. The first-order chi connectivity index (χ1) is 19.6. The smallest absolute Gasteiger partial charge is 0.274 e. The summed E-state index contributed by atoms with van der Waals surface area (Å²) >= 11 is 0. The van der Waals surface area contributed by atoms with Gasteiger partial charge in [0.15, 0.2) is 11.4 Å². The number of rotatable bonds is 6. The molecule has 0 saturated heterocycles. The Kier molecular flexibility index (Phi) is 6.77. The van der Waals surface area contributed by atoms with Crippen molar-refractivity contribution in [2.75, 3.05) is 5.43 Å². The topological polar surface area (TPSA) is 92.6 Å². The second-order valence-corrected chi connectivity index (χ2v) is 9.58. The molecule has 198 valence electrons. The van der Waals surface area contributed by atoms with Crippen molar-refractivity contribution in [3.05, 3.63) is 154 Å². The van der Waals surface area contributed by atoms with E-state index in [-0.39, 0.29) is 12.2 Å². The fourth-order valence-electron chi connectivity index (χ4n) is 4.96.